The molecule has 0 unspecified atom stereocenters. The minimum absolute atomic E-state index is 0.0158. The van der Waals surface area contributed by atoms with Crippen LogP contribution in [0.4, 0.5) is 5.82 Å². The molecular weight excluding hydrogens is 1330 g/mol. The van der Waals surface area contributed by atoms with Gasteiger partial charge in [0.05, 0.1) is 61.3 Å². The predicted molar refractivity (Wildman–Crippen MR) is 356 cm³/mol. The number of nitrogens with zero attached hydrogens (tertiary/aromatic N) is 6. The van der Waals surface area contributed by atoms with Crippen molar-refractivity contribution in [1.82, 2.24) is 51.6 Å². The summed E-state index contributed by atoms with van der Waals surface area (Å²) in [5, 5.41) is 103. The fourth-order valence-corrected chi connectivity index (χ4v) is 15.6. The van der Waals surface area contributed by atoms with E-state index in [4.69, 9.17) is 15.5 Å². The molecule has 6 fully saturated rings. The van der Waals surface area contributed by atoms with Crippen molar-refractivity contribution in [2.24, 2.45) is 17.6 Å². The minimum atomic E-state index is -5.22. The Hall–Kier alpha value is -7.57. The number of primary amides is 1. The number of anilines is 1. The number of piperidine rings is 1. The molecule has 6 heterocycles. The van der Waals surface area contributed by atoms with Gasteiger partial charge >= 0.3 is 10.4 Å². The molecule has 7 amide bonds. The summed E-state index contributed by atoms with van der Waals surface area (Å²) < 4.78 is 43.4. The number of ether oxygens (including phenoxy) is 1. The summed E-state index contributed by atoms with van der Waals surface area (Å²) in [6.45, 7) is 3.18. The molecular formula is C66H90N12O19S2. The Kier molecular flexibility index (Phi) is 24.6. The fourth-order valence-electron chi connectivity index (χ4n) is 14.2. The molecule has 15 N–H and O–H groups in total. The van der Waals surface area contributed by atoms with E-state index >= 15 is 0 Å². The number of pyridine rings is 1. The lowest BCUT2D eigenvalue weighted by Gasteiger charge is -2.35. The summed E-state index contributed by atoms with van der Waals surface area (Å²) >= 11 is 1.52. The number of nitrogens with two attached hydrogens (primary N) is 1. The van der Waals surface area contributed by atoms with Crippen LogP contribution >= 0.6 is 11.3 Å². The molecule has 4 aromatic rings. The van der Waals surface area contributed by atoms with Crippen LogP contribution in [0.15, 0.2) is 60.8 Å². The highest BCUT2D eigenvalue weighted by Crippen LogP contribution is 2.40. The number of carbonyl (C=O) groups excluding carboxylic acids is 7. The largest absolute Gasteiger partial charge is 0.504 e. The number of amides is 7. The van der Waals surface area contributed by atoms with E-state index in [0.717, 1.165) is 99.3 Å². The molecule has 10 rings (SSSR count). The highest BCUT2D eigenvalue weighted by Gasteiger charge is 2.50. The molecule has 2 aromatic heterocycles. The number of hydrogen-bond acceptors (Lipinski definition) is 24. The number of phenolic OH excluding ortho intramolecular Hbond substituents is 1. The van der Waals surface area contributed by atoms with Crippen LogP contribution in [0.5, 0.6) is 11.5 Å². The third-order valence-electron chi connectivity index (χ3n) is 19.7. The fraction of sp³-hybridized carbons (Fsp3) is 0.606. The van der Waals surface area contributed by atoms with Gasteiger partial charge < -0.3 is 91.7 Å². The zero-order valence-corrected chi connectivity index (χ0v) is 56.7. The van der Waals surface area contributed by atoms with Crippen molar-refractivity contribution < 1.29 is 91.2 Å². The van der Waals surface area contributed by atoms with Gasteiger partial charge in [0, 0.05) is 74.7 Å². The first-order valence-corrected chi connectivity index (χ1v) is 36.0. The van der Waals surface area contributed by atoms with Crippen molar-refractivity contribution in [3.63, 3.8) is 0 Å². The van der Waals surface area contributed by atoms with Crippen LogP contribution in [0.2, 0.25) is 0 Å². The number of carbonyl (C=O) groups is 7. The number of aromatic nitrogens is 3. The number of benzene rings is 2. The van der Waals surface area contributed by atoms with E-state index in [2.05, 4.69) is 58.0 Å². The third kappa shape index (κ3) is 18.9. The number of aromatic hydroxyl groups is 1. The first kappa shape index (κ1) is 74.1. The van der Waals surface area contributed by atoms with Crippen LogP contribution in [0.25, 0.3) is 21.7 Å². The van der Waals surface area contributed by atoms with Gasteiger partial charge in [0.25, 0.3) is 0 Å². The molecule has 2 aliphatic carbocycles. The van der Waals surface area contributed by atoms with Gasteiger partial charge in [0.1, 0.15) is 46.0 Å². The lowest BCUT2D eigenvalue weighted by atomic mass is 9.82. The second-order valence-electron chi connectivity index (χ2n) is 27.1. The molecule has 13 atom stereocenters. The van der Waals surface area contributed by atoms with Crippen LogP contribution in [-0.4, -0.2) is 239 Å². The first-order chi connectivity index (χ1) is 47.2. The quantitative estimate of drug-likeness (QED) is 0.0555. The summed E-state index contributed by atoms with van der Waals surface area (Å²) in [6, 6.07) is 4.09. The number of fused-ring (bicyclic) bond motifs is 2. The van der Waals surface area contributed by atoms with Gasteiger partial charge in [-0.2, -0.15) is 8.42 Å². The SMILES string of the molecule is C[C@@H](O)[C@@H]1NC(=O)[C@@H](NC[C@H]2CC[C@H](c3nnc(-c4ccc(-c5ccc(N6CCC(OC7CCCCC7)CC6)nc5)cc4)s3)CC2)C[C@@H](O)CNC(=O)[C@@H]2[C@@H](O)[C@@H](C)CN2C(=O)[C@H]([C@H](O)CC(N)=O)NC(=O)[C@H]([C@H](O)Cc2ccc(O)c(OS(=O)(=O)O)c2)NC(=O)[C@@H]2C[C@@H](O)CN2C1=O. The normalized spacial score (nSPS) is 28.7. The van der Waals surface area contributed by atoms with E-state index in [1.54, 1.807) is 0 Å². The van der Waals surface area contributed by atoms with Gasteiger partial charge in [0.15, 0.2) is 11.5 Å². The first-order valence-electron chi connectivity index (χ1n) is 33.9. The average molecular weight is 1420 g/mol. The number of phenols is 1. The molecule has 2 aromatic carbocycles. The van der Waals surface area contributed by atoms with Crippen LogP contribution in [0.3, 0.4) is 0 Å². The Morgan fingerprint density at radius 3 is 2.06 bits per heavy atom. The molecule has 0 spiro atoms. The van der Waals surface area contributed by atoms with Gasteiger partial charge in [-0.1, -0.05) is 67.9 Å². The maximum Gasteiger partial charge on any atom is 0.446 e. The average Bonchev–Trinajstić information content (AvgIpc) is 1.44. The monoisotopic (exact) mass is 1420 g/mol. The number of hydrogen-bond donors (Lipinski definition) is 14. The predicted octanol–water partition coefficient (Wildman–Crippen LogP) is -0.570. The van der Waals surface area contributed by atoms with Gasteiger partial charge in [-0.05, 0) is 113 Å². The summed E-state index contributed by atoms with van der Waals surface area (Å²) in [5.41, 5.74) is 8.25. The third-order valence-corrected chi connectivity index (χ3v) is 21.2. The number of β-amino-alcohol motifs (C(OH)–C–C–N with tert-alkyl or cyclic N) is 1. The van der Waals surface area contributed by atoms with Crippen molar-refractivity contribution >= 4 is 68.9 Å². The van der Waals surface area contributed by atoms with Gasteiger partial charge in [-0.3, -0.25) is 38.1 Å². The molecule has 2 saturated carbocycles. The minimum Gasteiger partial charge on any atom is -0.504 e. The lowest BCUT2D eigenvalue weighted by Crippen LogP contribution is -2.64. The number of aliphatic hydroxyl groups is 6. The van der Waals surface area contributed by atoms with Crippen molar-refractivity contribution in [1.29, 1.82) is 0 Å². The van der Waals surface area contributed by atoms with Crippen molar-refractivity contribution in [2.75, 3.05) is 44.2 Å². The van der Waals surface area contributed by atoms with E-state index < -0.39 is 181 Å². The standard InChI is InChI=1S/C66H90N12O19S2/c1-34-32-78-57(58(34)86)62(90)70-31-42(80)26-46(68-29-36-8-11-39(12-9-36)63-74-75-64(98-63)40-15-13-38(14-16-40)41-17-19-53(69-30-41)76-22-20-45(21-23-76)96-44-6-4-3-5-7-44)59(87)71-54(35(2)79)65(91)77-33-43(81)27-47(77)60(88)72-55(61(89)73-56(66(78)92)50(84)28-52(67)85)49(83)24-37-10-18-48(82)51(25-37)97-99(93,94)95/h10,13-19,25,30,34-36,39,42-47,49-50,54-58,68,79-84,86H,3-9,11-12,20-24,26-29,31-33H2,1-2H3,(H2,67,85)(H,70,90)(H,71,87)(H,72,88)(H,73,89)(H,93,94,95)/t34-,35+,36-,39-,42+,43+,46-,47-,49+,50+,54-,55-,56-,57-,58-/m0/s1. The van der Waals surface area contributed by atoms with E-state index in [1.807, 2.05) is 30.5 Å². The van der Waals surface area contributed by atoms with Crippen LogP contribution in [0, 0.1) is 11.8 Å². The van der Waals surface area contributed by atoms with Gasteiger partial charge in [-0.25, -0.2) is 4.98 Å². The maximum absolute atomic E-state index is 14.7. The number of aliphatic hydroxyl groups excluding tert-OH is 6. The molecule has 33 heteroatoms. The maximum atomic E-state index is 14.7. The molecule has 6 aliphatic rings. The van der Waals surface area contributed by atoms with Crippen LogP contribution in [-0.2, 0) is 55.1 Å². The highest BCUT2D eigenvalue weighted by molar-refractivity contribution is 7.81. The van der Waals surface area contributed by atoms with Crippen molar-refractivity contribution in [2.45, 2.75) is 201 Å². The smallest absolute Gasteiger partial charge is 0.446 e. The van der Waals surface area contributed by atoms with E-state index in [-0.39, 0.29) is 30.5 Å². The molecule has 0 bridgehead atoms. The Balaban J connectivity index is 0.825. The Morgan fingerprint density at radius 1 is 0.737 bits per heavy atom. The van der Waals surface area contributed by atoms with Gasteiger partial charge in [0.2, 0.25) is 41.4 Å². The molecule has 99 heavy (non-hydrogen) atoms. The zero-order valence-electron chi connectivity index (χ0n) is 55.1. The molecule has 0 radical (unpaired) electrons. The Morgan fingerprint density at radius 2 is 1.39 bits per heavy atom. The lowest BCUT2D eigenvalue weighted by molar-refractivity contribution is -0.147. The molecule has 4 saturated heterocycles. The highest BCUT2D eigenvalue weighted by atomic mass is 32.3. The van der Waals surface area contributed by atoms with Crippen LogP contribution < -0.4 is 41.4 Å². The summed E-state index contributed by atoms with van der Waals surface area (Å²) in [6.07, 6.45) is 0.377. The van der Waals surface area contributed by atoms with E-state index in [1.165, 1.54) is 57.3 Å². The summed E-state index contributed by atoms with van der Waals surface area (Å²) in [7, 11) is -5.22. The number of rotatable bonds is 18. The molecule has 31 nitrogen and oxygen atoms in total. The van der Waals surface area contributed by atoms with Crippen LogP contribution in [0.1, 0.15) is 120 Å². The van der Waals surface area contributed by atoms with E-state index in [9.17, 15) is 82.3 Å². The van der Waals surface area contributed by atoms with E-state index in [0.29, 0.717) is 25.0 Å². The molecule has 540 valence electrons. The van der Waals surface area contributed by atoms with Gasteiger partial charge in [-0.15, -0.1) is 10.2 Å². The van der Waals surface area contributed by atoms with Crippen molar-refractivity contribution in [3.8, 4) is 33.2 Å². The summed E-state index contributed by atoms with van der Waals surface area (Å²) in [5.74, 6) is -9.60. The number of nitrogens with one attached hydrogen (secondary N) is 5. The second kappa shape index (κ2) is 32.8. The Bertz CT molecular complexity index is 3610. The second-order valence-corrected chi connectivity index (χ2v) is 29.2. The summed E-state index contributed by atoms with van der Waals surface area (Å²) in [4.78, 5) is 109. The topological polar surface area (TPSA) is 468 Å². The molecule has 4 aliphatic heterocycles. The van der Waals surface area contributed by atoms with Crippen molar-refractivity contribution in [3.05, 3.63) is 71.4 Å². The zero-order chi connectivity index (χ0) is 71.0. The Labute approximate surface area is 576 Å².